The first kappa shape index (κ1) is 14.6. The van der Waals surface area contributed by atoms with Gasteiger partial charge in [0, 0.05) is 11.4 Å². The number of nitro groups is 1. The lowest BCUT2D eigenvalue weighted by Crippen LogP contribution is -1.98. The van der Waals surface area contributed by atoms with E-state index in [9.17, 15) is 14.5 Å². The second kappa shape index (κ2) is 6.20. The maximum atomic E-state index is 13.7. The minimum Gasteiger partial charge on any atom is -0.484 e. The number of hydrogen-bond donors (Lipinski definition) is 0. The van der Waals surface area contributed by atoms with Gasteiger partial charge in [-0.3, -0.25) is 10.1 Å². The van der Waals surface area contributed by atoms with Crippen LogP contribution in [0.15, 0.2) is 41.1 Å². The highest BCUT2D eigenvalue weighted by Crippen LogP contribution is 2.28. The van der Waals surface area contributed by atoms with Crippen molar-refractivity contribution < 1.29 is 14.1 Å². The third-order valence-electron chi connectivity index (χ3n) is 2.79. The van der Waals surface area contributed by atoms with Gasteiger partial charge in [0.05, 0.1) is 21.6 Å². The molecule has 5 nitrogen and oxygen atoms in total. The van der Waals surface area contributed by atoms with Crippen molar-refractivity contribution in [2.75, 3.05) is 0 Å². The van der Waals surface area contributed by atoms with E-state index in [4.69, 9.17) is 4.74 Å². The number of hydrogen-bond acceptors (Lipinski definition) is 6. The maximum absolute atomic E-state index is 13.7. The van der Waals surface area contributed by atoms with Gasteiger partial charge in [0.2, 0.25) is 0 Å². The Labute approximate surface area is 132 Å². The number of nitro benzene ring substituents is 1. The summed E-state index contributed by atoms with van der Waals surface area (Å²) in [6, 6.07) is 7.22. The van der Waals surface area contributed by atoms with E-state index in [0.717, 1.165) is 16.0 Å². The van der Waals surface area contributed by atoms with Gasteiger partial charge in [0.25, 0.3) is 5.69 Å². The molecule has 0 aliphatic heterocycles. The van der Waals surface area contributed by atoms with Gasteiger partial charge >= 0.3 is 0 Å². The third-order valence-corrected chi connectivity index (χ3v) is 4.72. The second-order valence-electron chi connectivity index (χ2n) is 4.28. The monoisotopic (exact) mass is 336 g/mol. The summed E-state index contributed by atoms with van der Waals surface area (Å²) in [5.41, 5.74) is 0.379. The predicted octanol–water partition coefficient (Wildman–Crippen LogP) is 4.50. The van der Waals surface area contributed by atoms with E-state index in [0.29, 0.717) is 5.69 Å². The summed E-state index contributed by atoms with van der Waals surface area (Å²) >= 11 is 3.08. The number of rotatable bonds is 5. The Kier molecular flexibility index (Phi) is 4.12. The lowest BCUT2D eigenvalue weighted by atomic mass is 10.3. The molecule has 0 radical (unpaired) electrons. The van der Waals surface area contributed by atoms with Crippen molar-refractivity contribution in [1.82, 2.24) is 4.98 Å². The smallest absolute Gasteiger partial charge is 0.272 e. The van der Waals surface area contributed by atoms with E-state index < -0.39 is 10.7 Å². The van der Waals surface area contributed by atoms with Crippen molar-refractivity contribution in [3.63, 3.8) is 0 Å². The fourth-order valence-corrected chi connectivity index (χ4v) is 3.38. The molecule has 0 fully saturated rings. The molecule has 3 rings (SSSR count). The van der Waals surface area contributed by atoms with Gasteiger partial charge < -0.3 is 4.74 Å². The zero-order valence-electron chi connectivity index (χ0n) is 11.1. The minimum atomic E-state index is -0.761. The average Bonchev–Trinajstić information content (AvgIpc) is 3.16. The van der Waals surface area contributed by atoms with Gasteiger partial charge in [-0.05, 0) is 17.5 Å². The normalized spacial score (nSPS) is 10.6. The van der Waals surface area contributed by atoms with Crippen molar-refractivity contribution >= 4 is 28.4 Å². The van der Waals surface area contributed by atoms with Crippen LogP contribution in [0.1, 0.15) is 5.69 Å². The molecule has 0 saturated carbocycles. The lowest BCUT2D eigenvalue weighted by Gasteiger charge is -2.05. The van der Waals surface area contributed by atoms with Crippen molar-refractivity contribution in [3.05, 3.63) is 62.7 Å². The molecule has 0 unspecified atom stereocenters. The second-order valence-corrected chi connectivity index (χ2v) is 6.09. The fourth-order valence-electron chi connectivity index (χ4n) is 1.76. The quantitative estimate of drug-likeness (QED) is 0.508. The van der Waals surface area contributed by atoms with Crippen LogP contribution in [0.25, 0.3) is 9.88 Å². The summed E-state index contributed by atoms with van der Waals surface area (Å²) in [5.74, 6) is -0.792. The molecule has 2 heterocycles. The largest absolute Gasteiger partial charge is 0.484 e. The lowest BCUT2D eigenvalue weighted by molar-refractivity contribution is -0.385. The molecule has 0 bridgehead atoms. The topological polar surface area (TPSA) is 65.3 Å². The van der Waals surface area contributed by atoms with E-state index >= 15 is 0 Å². The summed E-state index contributed by atoms with van der Waals surface area (Å²) in [6.45, 7) is 0.108. The van der Waals surface area contributed by atoms with Crippen molar-refractivity contribution in [2.24, 2.45) is 0 Å². The van der Waals surface area contributed by atoms with Gasteiger partial charge in [-0.15, -0.1) is 22.7 Å². The fraction of sp³-hybridized carbons (Fsp3) is 0.0714. The molecule has 3 aromatic rings. The van der Waals surface area contributed by atoms with E-state index in [1.54, 1.807) is 11.3 Å². The first-order valence-electron chi connectivity index (χ1n) is 6.18. The zero-order valence-corrected chi connectivity index (χ0v) is 12.7. The predicted molar refractivity (Wildman–Crippen MR) is 82.8 cm³/mol. The van der Waals surface area contributed by atoms with Gasteiger partial charge in [0.1, 0.15) is 11.6 Å². The summed E-state index contributed by atoms with van der Waals surface area (Å²) < 4.78 is 19.0. The van der Waals surface area contributed by atoms with Crippen LogP contribution in [0, 0.1) is 15.9 Å². The zero-order chi connectivity index (χ0) is 15.5. The van der Waals surface area contributed by atoms with Crippen LogP contribution in [0.3, 0.4) is 0 Å². The van der Waals surface area contributed by atoms with Gasteiger partial charge in [-0.25, -0.2) is 9.37 Å². The van der Waals surface area contributed by atoms with Crippen LogP contribution in [0.4, 0.5) is 10.1 Å². The highest BCUT2D eigenvalue weighted by Gasteiger charge is 2.12. The van der Waals surface area contributed by atoms with E-state index in [2.05, 4.69) is 4.98 Å². The van der Waals surface area contributed by atoms with Crippen molar-refractivity contribution in [3.8, 4) is 15.6 Å². The van der Waals surface area contributed by atoms with Crippen LogP contribution in [-0.2, 0) is 6.61 Å². The van der Waals surface area contributed by atoms with Gasteiger partial charge in [-0.2, -0.15) is 0 Å². The summed E-state index contributed by atoms with van der Waals surface area (Å²) in [5, 5.41) is 15.3. The Morgan fingerprint density at radius 2 is 2.18 bits per heavy atom. The van der Waals surface area contributed by atoms with E-state index in [1.165, 1.54) is 23.5 Å². The Morgan fingerprint density at radius 1 is 1.32 bits per heavy atom. The van der Waals surface area contributed by atoms with Gasteiger partial charge in [0.15, 0.2) is 11.6 Å². The van der Waals surface area contributed by atoms with E-state index in [1.807, 2.05) is 22.9 Å². The highest BCUT2D eigenvalue weighted by atomic mass is 32.1. The number of aromatic nitrogens is 1. The number of thiophene rings is 1. The molecule has 8 heteroatoms. The van der Waals surface area contributed by atoms with Crippen LogP contribution in [0.5, 0.6) is 5.75 Å². The van der Waals surface area contributed by atoms with Crippen LogP contribution in [-0.4, -0.2) is 9.91 Å². The SMILES string of the molecule is O=[N+]([O-])c1ccc(OCc2csc(-c3cccs3)n2)c(F)c1. The molecule has 0 N–H and O–H groups in total. The summed E-state index contributed by atoms with van der Waals surface area (Å²) in [6.07, 6.45) is 0. The molecule has 22 heavy (non-hydrogen) atoms. The average molecular weight is 336 g/mol. The third kappa shape index (κ3) is 3.12. The van der Waals surface area contributed by atoms with Gasteiger partial charge in [-0.1, -0.05) is 6.07 Å². The number of non-ortho nitro benzene ring substituents is 1. The molecule has 0 atom stereocenters. The number of benzene rings is 1. The maximum Gasteiger partial charge on any atom is 0.272 e. The molecule has 1 aromatic carbocycles. The number of nitrogens with zero attached hydrogens (tertiary/aromatic N) is 2. The van der Waals surface area contributed by atoms with Crippen LogP contribution in [0.2, 0.25) is 0 Å². The first-order valence-corrected chi connectivity index (χ1v) is 7.94. The first-order chi connectivity index (χ1) is 10.6. The molecule has 2 aromatic heterocycles. The Bertz CT molecular complexity index is 802. The Hall–Kier alpha value is -2.32. The molecular weight excluding hydrogens is 327 g/mol. The summed E-state index contributed by atoms with van der Waals surface area (Å²) in [4.78, 5) is 15.4. The molecule has 0 aliphatic rings. The molecule has 0 saturated heterocycles. The Morgan fingerprint density at radius 3 is 2.86 bits per heavy atom. The molecule has 112 valence electrons. The highest BCUT2D eigenvalue weighted by molar-refractivity contribution is 7.20. The molecule has 0 aliphatic carbocycles. The van der Waals surface area contributed by atoms with Crippen molar-refractivity contribution in [1.29, 1.82) is 0 Å². The Balaban J connectivity index is 1.69. The van der Waals surface area contributed by atoms with Crippen LogP contribution >= 0.6 is 22.7 Å². The molecule has 0 spiro atoms. The van der Waals surface area contributed by atoms with Crippen LogP contribution < -0.4 is 4.74 Å². The minimum absolute atomic E-state index is 0.0312. The number of ether oxygens (including phenoxy) is 1. The molecule has 0 amide bonds. The van der Waals surface area contributed by atoms with Crippen molar-refractivity contribution in [2.45, 2.75) is 6.61 Å². The molecular formula is C14H9FN2O3S2. The van der Waals surface area contributed by atoms with E-state index in [-0.39, 0.29) is 18.0 Å². The summed E-state index contributed by atoms with van der Waals surface area (Å²) in [7, 11) is 0. The number of thiazole rings is 1. The number of halogens is 1. The standard InChI is InChI=1S/C14H9FN2O3S2/c15-11-6-10(17(18)19)3-4-12(11)20-7-9-8-22-14(16-9)13-2-1-5-21-13/h1-6,8H,7H2.